The molecule has 0 aliphatic carbocycles. The van der Waals surface area contributed by atoms with Gasteiger partial charge in [-0.05, 0) is 19.4 Å². The number of benzene rings is 1. The van der Waals surface area contributed by atoms with Crippen LogP contribution in [0.4, 0.5) is 0 Å². The fourth-order valence-electron chi connectivity index (χ4n) is 1.81. The highest BCUT2D eigenvalue weighted by Gasteiger charge is 2.35. The quantitative estimate of drug-likeness (QED) is 0.822. The molecule has 0 saturated heterocycles. The highest BCUT2D eigenvalue weighted by Crippen LogP contribution is 2.29. The lowest BCUT2D eigenvalue weighted by Gasteiger charge is -2.29. The number of rotatable bonds is 3. The Kier molecular flexibility index (Phi) is 3.38. The molecule has 88 valence electrons. The maximum Gasteiger partial charge on any atom is 0.333 e. The molecule has 1 atom stereocenters. The molecule has 1 aromatic rings. The van der Waals surface area contributed by atoms with Crippen LogP contribution in [-0.4, -0.2) is 22.3 Å². The van der Waals surface area contributed by atoms with Crippen molar-refractivity contribution in [3.05, 3.63) is 34.9 Å². The van der Waals surface area contributed by atoms with Gasteiger partial charge in [-0.1, -0.05) is 43.2 Å². The minimum Gasteiger partial charge on any atom is -0.479 e. The van der Waals surface area contributed by atoms with Gasteiger partial charge in [0.05, 0.1) is 0 Å². The van der Waals surface area contributed by atoms with Crippen LogP contribution in [0.5, 0.6) is 0 Å². The van der Waals surface area contributed by atoms with E-state index >= 15 is 0 Å². The zero-order chi connectivity index (χ0) is 12.5. The average Bonchev–Trinajstić information content (AvgIpc) is 2.14. The van der Waals surface area contributed by atoms with Gasteiger partial charge < -0.3 is 10.2 Å². The van der Waals surface area contributed by atoms with Crippen LogP contribution in [-0.2, 0) is 10.2 Å². The van der Waals surface area contributed by atoms with E-state index in [1.807, 2.05) is 32.0 Å². The molecular formula is C13H18O3. The first-order valence-corrected chi connectivity index (χ1v) is 5.25. The van der Waals surface area contributed by atoms with Crippen molar-refractivity contribution in [2.24, 2.45) is 0 Å². The number of aliphatic carboxylic acids is 1. The summed E-state index contributed by atoms with van der Waals surface area (Å²) in [7, 11) is 0. The first-order valence-electron chi connectivity index (χ1n) is 5.25. The fourth-order valence-corrected chi connectivity index (χ4v) is 1.81. The van der Waals surface area contributed by atoms with Crippen molar-refractivity contribution < 1.29 is 15.0 Å². The van der Waals surface area contributed by atoms with Gasteiger partial charge in [-0.15, -0.1) is 0 Å². The van der Waals surface area contributed by atoms with Crippen LogP contribution in [0.3, 0.4) is 0 Å². The van der Waals surface area contributed by atoms with Gasteiger partial charge in [0.2, 0.25) is 0 Å². The Balaban J connectivity index is 3.20. The van der Waals surface area contributed by atoms with Crippen molar-refractivity contribution in [2.45, 2.75) is 39.2 Å². The second-order valence-electron chi connectivity index (χ2n) is 4.84. The first kappa shape index (κ1) is 12.7. The zero-order valence-corrected chi connectivity index (χ0v) is 10.1. The third-order valence-electron chi connectivity index (χ3n) is 2.88. The Labute approximate surface area is 95.7 Å². The predicted octanol–water partition coefficient (Wildman–Crippen LogP) is 2.03. The number of hydrogen-bond donors (Lipinski definition) is 2. The van der Waals surface area contributed by atoms with Gasteiger partial charge in [0.25, 0.3) is 0 Å². The maximum absolute atomic E-state index is 10.8. The summed E-state index contributed by atoms with van der Waals surface area (Å²) < 4.78 is 0. The Morgan fingerprint density at radius 3 is 2.00 bits per heavy atom. The second-order valence-corrected chi connectivity index (χ2v) is 4.84. The number of aliphatic hydroxyl groups excluding tert-OH is 1. The van der Waals surface area contributed by atoms with Gasteiger partial charge in [-0.25, -0.2) is 4.79 Å². The summed E-state index contributed by atoms with van der Waals surface area (Å²) in [6.45, 7) is 7.39. The summed E-state index contributed by atoms with van der Waals surface area (Å²) in [6, 6.07) is 5.85. The van der Waals surface area contributed by atoms with Gasteiger partial charge in [0, 0.05) is 5.41 Å². The number of carbonyl (C=O) groups is 1. The molecule has 0 aliphatic rings. The highest BCUT2D eigenvalue weighted by atomic mass is 16.4. The smallest absolute Gasteiger partial charge is 0.333 e. The lowest BCUT2D eigenvalue weighted by Crippen LogP contribution is -2.39. The predicted molar refractivity (Wildman–Crippen MR) is 62.6 cm³/mol. The average molecular weight is 222 g/mol. The van der Waals surface area contributed by atoms with Crippen LogP contribution in [0.25, 0.3) is 0 Å². The standard InChI is InChI=1S/C13H18O3/c1-8-5-9(2)7-10(6-8)13(3,4)11(14)12(15)16/h5-7,11,14H,1-4H3,(H,15,16). The van der Waals surface area contributed by atoms with Crippen molar-refractivity contribution in [1.82, 2.24) is 0 Å². The number of hydrogen-bond acceptors (Lipinski definition) is 2. The van der Waals surface area contributed by atoms with Crippen molar-refractivity contribution >= 4 is 5.97 Å². The minimum absolute atomic E-state index is 0.789. The van der Waals surface area contributed by atoms with E-state index in [4.69, 9.17) is 5.11 Å². The molecule has 1 rings (SSSR count). The Morgan fingerprint density at radius 2 is 1.62 bits per heavy atom. The molecule has 0 amide bonds. The molecule has 0 heterocycles. The third kappa shape index (κ3) is 2.42. The van der Waals surface area contributed by atoms with E-state index in [2.05, 4.69) is 0 Å². The molecule has 0 fully saturated rings. The molecular weight excluding hydrogens is 204 g/mol. The minimum atomic E-state index is -1.39. The van der Waals surface area contributed by atoms with E-state index in [1.165, 1.54) is 0 Å². The molecule has 0 saturated carbocycles. The first-order chi connectivity index (χ1) is 7.25. The number of aryl methyl sites for hydroxylation is 2. The molecule has 0 aliphatic heterocycles. The normalized spacial score (nSPS) is 13.6. The topological polar surface area (TPSA) is 57.5 Å². The van der Waals surface area contributed by atoms with E-state index in [9.17, 15) is 9.90 Å². The molecule has 2 N–H and O–H groups in total. The van der Waals surface area contributed by atoms with Crippen LogP contribution in [0, 0.1) is 13.8 Å². The molecule has 16 heavy (non-hydrogen) atoms. The Hall–Kier alpha value is -1.35. The number of aliphatic hydroxyl groups is 1. The van der Waals surface area contributed by atoms with E-state index in [0.29, 0.717) is 0 Å². The lowest BCUT2D eigenvalue weighted by atomic mass is 9.78. The largest absolute Gasteiger partial charge is 0.479 e. The summed E-state index contributed by atoms with van der Waals surface area (Å²) in [5.74, 6) is -1.19. The summed E-state index contributed by atoms with van der Waals surface area (Å²) >= 11 is 0. The number of carboxylic acids is 1. The van der Waals surface area contributed by atoms with E-state index in [-0.39, 0.29) is 0 Å². The van der Waals surface area contributed by atoms with Crippen molar-refractivity contribution in [3.8, 4) is 0 Å². The summed E-state index contributed by atoms with van der Waals surface area (Å²) in [5, 5.41) is 18.6. The van der Waals surface area contributed by atoms with Gasteiger partial charge >= 0.3 is 5.97 Å². The van der Waals surface area contributed by atoms with Gasteiger partial charge in [0.1, 0.15) is 0 Å². The van der Waals surface area contributed by atoms with E-state index in [0.717, 1.165) is 16.7 Å². The molecule has 0 aromatic heterocycles. The lowest BCUT2D eigenvalue weighted by molar-refractivity contribution is -0.150. The van der Waals surface area contributed by atoms with Crippen LogP contribution >= 0.6 is 0 Å². The SMILES string of the molecule is Cc1cc(C)cc(C(C)(C)C(O)C(=O)O)c1. The van der Waals surface area contributed by atoms with Gasteiger partial charge in [-0.3, -0.25) is 0 Å². The molecule has 3 heteroatoms. The molecule has 0 radical (unpaired) electrons. The van der Waals surface area contributed by atoms with E-state index < -0.39 is 17.5 Å². The fraction of sp³-hybridized carbons (Fsp3) is 0.462. The monoisotopic (exact) mass is 222 g/mol. The van der Waals surface area contributed by atoms with Gasteiger partial charge in [0.15, 0.2) is 6.10 Å². The molecule has 1 aromatic carbocycles. The maximum atomic E-state index is 10.8. The third-order valence-corrected chi connectivity index (χ3v) is 2.88. The second kappa shape index (κ2) is 4.26. The van der Waals surface area contributed by atoms with Crippen molar-refractivity contribution in [2.75, 3.05) is 0 Å². The Bertz CT molecular complexity index is 387. The molecule has 1 unspecified atom stereocenters. The van der Waals surface area contributed by atoms with Crippen LogP contribution < -0.4 is 0 Å². The van der Waals surface area contributed by atoms with Crippen LogP contribution in [0.2, 0.25) is 0 Å². The van der Waals surface area contributed by atoms with Crippen molar-refractivity contribution in [3.63, 3.8) is 0 Å². The molecule has 0 spiro atoms. The highest BCUT2D eigenvalue weighted by molar-refractivity contribution is 5.74. The summed E-state index contributed by atoms with van der Waals surface area (Å²) in [5.41, 5.74) is 2.20. The zero-order valence-electron chi connectivity index (χ0n) is 10.1. The summed E-state index contributed by atoms with van der Waals surface area (Å²) in [4.78, 5) is 10.8. The van der Waals surface area contributed by atoms with Gasteiger partial charge in [-0.2, -0.15) is 0 Å². The van der Waals surface area contributed by atoms with E-state index in [1.54, 1.807) is 13.8 Å². The summed E-state index contributed by atoms with van der Waals surface area (Å²) in [6.07, 6.45) is -1.39. The van der Waals surface area contributed by atoms with Crippen LogP contribution in [0.1, 0.15) is 30.5 Å². The Morgan fingerprint density at radius 1 is 1.19 bits per heavy atom. The molecule has 3 nitrogen and oxygen atoms in total. The molecule has 0 bridgehead atoms. The number of carboxylic acid groups (broad SMARTS) is 1. The van der Waals surface area contributed by atoms with Crippen molar-refractivity contribution in [1.29, 1.82) is 0 Å². The van der Waals surface area contributed by atoms with Crippen LogP contribution in [0.15, 0.2) is 18.2 Å².